The summed E-state index contributed by atoms with van der Waals surface area (Å²) in [7, 11) is 0. The van der Waals surface area contributed by atoms with Crippen LogP contribution in [-0.4, -0.2) is 238 Å². The van der Waals surface area contributed by atoms with Crippen LogP contribution >= 0.6 is 0 Å². The van der Waals surface area contributed by atoms with Crippen LogP contribution in [0, 0.1) is 76.9 Å². The Labute approximate surface area is 743 Å². The van der Waals surface area contributed by atoms with Gasteiger partial charge in [-0.25, -0.2) is 0 Å². The fourth-order valence-corrected chi connectivity index (χ4v) is 19.8. The maximum Gasteiger partial charge on any atom is 0.242 e. The Morgan fingerprint density at radius 3 is 0.698 bits per heavy atom. The average molecular weight is 1770 g/mol. The molecule has 24 N–H and O–H groups in total. The molecule has 37 heteroatoms. The predicted molar refractivity (Wildman–Crippen MR) is 473 cm³/mol. The number of hydrogen-bond donors (Lipinski definition) is 21. The second-order valence-corrected chi connectivity index (χ2v) is 39.1. The van der Waals surface area contributed by atoms with Crippen molar-refractivity contribution in [2.45, 2.75) is 334 Å². The normalized spacial score (nSPS) is 27.4. The number of rotatable bonds is 48. The molecule has 3 heterocycles. The SMILES string of the molecule is CC(=O)N[C@H]1CNC[C@@H]1C(=O)N[C@@H](CC(C)C)C(=O)N[C@H]1CCC[C@@H]1C(=O)N[C@@H](CCCCN)C(=O)N[C@H]1CCC[C@@H]1C(=O)N[C@@H](CC(C)C)C(=O)N[C@H]1CNC[C@@H]1C(=O)N[C@@H](CC(C)C)C(=O)N[C@H]1CCC[C@@H]1C(=O)N[C@@H](CCCCN)C(=O)N[C@H]1CCC[C@@H]1C(=O)N[C@@H](CC(C)C)C(=O)N[C@H]1CNC[C@@H]1C(=O)N[C@@H](CC(C)C)C(=O)N[C@H]1CCC[C@@H]1C(N)=O. The molecule has 3 saturated heterocycles. The van der Waals surface area contributed by atoms with E-state index in [1.54, 1.807) is 0 Å². The van der Waals surface area contributed by atoms with Crippen molar-refractivity contribution in [1.29, 1.82) is 0 Å². The molecule has 37 nitrogen and oxygen atoms in total. The maximum atomic E-state index is 14.6. The molecule has 8 aliphatic rings. The van der Waals surface area contributed by atoms with Gasteiger partial charge in [0.05, 0.1) is 65.5 Å². The van der Waals surface area contributed by atoms with Crippen molar-refractivity contribution in [2.24, 2.45) is 94.1 Å². The molecule has 8 fully saturated rings. The topological polar surface area (TPSA) is 568 Å². The molecule has 8 rings (SSSR count). The van der Waals surface area contributed by atoms with Crippen molar-refractivity contribution in [3.05, 3.63) is 0 Å². The summed E-state index contributed by atoms with van der Waals surface area (Å²) < 4.78 is 0. The zero-order valence-corrected chi connectivity index (χ0v) is 76.5. The summed E-state index contributed by atoms with van der Waals surface area (Å²) in [5.41, 5.74) is 17.5. The van der Waals surface area contributed by atoms with Crippen LogP contribution in [0.25, 0.3) is 0 Å². The molecule has 16 amide bonds. The maximum absolute atomic E-state index is 14.6. The van der Waals surface area contributed by atoms with Gasteiger partial charge in [-0.1, -0.05) is 101 Å². The van der Waals surface area contributed by atoms with Gasteiger partial charge in [0, 0.05) is 76.4 Å². The van der Waals surface area contributed by atoms with Crippen LogP contribution in [0.4, 0.5) is 0 Å². The molecule has 3 aliphatic heterocycles. The summed E-state index contributed by atoms with van der Waals surface area (Å²) in [5, 5.41) is 54.4. The minimum atomic E-state index is -1.05. The Morgan fingerprint density at radius 2 is 0.468 bits per heavy atom. The van der Waals surface area contributed by atoms with Crippen molar-refractivity contribution in [1.82, 2.24) is 95.7 Å². The van der Waals surface area contributed by atoms with Gasteiger partial charge in [0.25, 0.3) is 0 Å². The molecule has 0 aromatic heterocycles. The monoisotopic (exact) mass is 1770 g/mol. The fraction of sp³-hybridized carbons (Fsp3) is 0.820. The van der Waals surface area contributed by atoms with Gasteiger partial charge in [-0.05, 0) is 178 Å². The third kappa shape index (κ3) is 30.8. The first-order valence-corrected chi connectivity index (χ1v) is 47.3. The van der Waals surface area contributed by atoms with E-state index >= 15 is 0 Å². The molecule has 0 aromatic carbocycles. The number of carbonyl (C=O) groups is 16. The summed E-state index contributed by atoms with van der Waals surface area (Å²) in [4.78, 5) is 224. The van der Waals surface area contributed by atoms with E-state index in [9.17, 15) is 76.7 Å². The quantitative estimate of drug-likeness (QED) is 0.0322. The van der Waals surface area contributed by atoms with Crippen molar-refractivity contribution < 1.29 is 76.7 Å². The molecular formula is C89H153N21O16. The molecular weight excluding hydrogens is 1620 g/mol. The highest BCUT2D eigenvalue weighted by atomic mass is 16.2. The Morgan fingerprint density at radius 1 is 0.262 bits per heavy atom. The second-order valence-electron chi connectivity index (χ2n) is 39.1. The number of unbranched alkanes of at least 4 members (excludes halogenated alkanes) is 2. The molecule has 5 aliphatic carbocycles. The number of amides is 16. The molecule has 710 valence electrons. The molecule has 0 unspecified atom stereocenters. The zero-order valence-electron chi connectivity index (χ0n) is 76.5. The van der Waals surface area contributed by atoms with E-state index in [1.165, 1.54) is 6.92 Å². The third-order valence-corrected chi connectivity index (χ3v) is 26.5. The number of nitrogens with two attached hydrogens (primary N) is 3. The van der Waals surface area contributed by atoms with E-state index in [4.69, 9.17) is 17.2 Å². The van der Waals surface area contributed by atoms with E-state index in [2.05, 4.69) is 95.7 Å². The van der Waals surface area contributed by atoms with Crippen LogP contribution in [0.2, 0.25) is 0 Å². The van der Waals surface area contributed by atoms with Crippen molar-refractivity contribution >= 4 is 94.5 Å². The summed E-state index contributed by atoms with van der Waals surface area (Å²) in [6.07, 6.45) is 11.7. The van der Waals surface area contributed by atoms with E-state index in [0.29, 0.717) is 155 Å². The van der Waals surface area contributed by atoms with E-state index in [1.807, 2.05) is 69.2 Å². The molecule has 0 bridgehead atoms. The predicted octanol–water partition coefficient (Wildman–Crippen LogP) is -1.09. The third-order valence-electron chi connectivity index (χ3n) is 26.5. The molecule has 0 spiro atoms. The van der Waals surface area contributed by atoms with Gasteiger partial charge in [0.15, 0.2) is 0 Å². The lowest BCUT2D eigenvalue weighted by molar-refractivity contribution is -0.135. The second kappa shape index (κ2) is 50.3. The van der Waals surface area contributed by atoms with Gasteiger partial charge >= 0.3 is 0 Å². The highest BCUT2D eigenvalue weighted by Gasteiger charge is 2.47. The number of hydrogen-bond acceptors (Lipinski definition) is 21. The van der Waals surface area contributed by atoms with E-state index < -0.39 is 221 Å². The van der Waals surface area contributed by atoms with Gasteiger partial charge in [0.2, 0.25) is 94.5 Å². The minimum absolute atomic E-state index is 0.0213. The van der Waals surface area contributed by atoms with Crippen LogP contribution in [0.15, 0.2) is 0 Å². The molecule has 23 atom stereocenters. The van der Waals surface area contributed by atoms with Crippen molar-refractivity contribution in [2.75, 3.05) is 52.4 Å². The first kappa shape index (κ1) is 103. The van der Waals surface area contributed by atoms with E-state index in [-0.39, 0.29) is 99.7 Å². The van der Waals surface area contributed by atoms with Crippen LogP contribution in [-0.2, 0) is 76.7 Å². The van der Waals surface area contributed by atoms with E-state index in [0.717, 1.165) is 6.42 Å². The standard InChI is InChI=1S/C89H153N21O16/c1-46(2)35-67(85(122)97-60-28-16-21-52(60)75(92)112)107-81(118)58-41-94-44-73(58)109-88(125)70(38-49(7)8)104-78(115)55-24-19-29-61(55)99-84(121)66(27-13-15-34-91)103-77(114)54-23-18-32-64(54)101-87(124)69(37-48(5)6)108-82(119)59-42-95-45-74(59)110-89(126)71(39-50(9)10)105-79(116)56-25-20-30-62(56)98-83(120)65(26-12-14-33-90)102-76(113)53-22-17-31-63(53)100-86(123)68(36-47(3)4)106-80(117)57-40-93-43-72(57)96-51(11)111/h46-50,52-74,93-95H,12-45,90-91H2,1-11H3,(H2,92,112)(H,96,111)(H,97,122)(H,98,120)(H,99,121)(H,100,123)(H,101,124)(H,102,113)(H,103,114)(H,104,115)(H,105,116)(H,106,117)(H,107,118)(H,108,119)(H,109,125)(H,110,126)/t52-,53-,54-,55-,56-,57-,58-,59-,60-,61-,62-,63-,64-,65-,66-,67-,68-,69-,70-,71-,72-,73-,74-/m0/s1. The number of carbonyl (C=O) groups excluding carboxylic acids is 16. The van der Waals surface area contributed by atoms with Crippen LogP contribution < -0.4 is 113 Å². The summed E-state index contributed by atoms with van der Waals surface area (Å²) in [6, 6.07) is -11.8. The fourth-order valence-electron chi connectivity index (χ4n) is 19.8. The summed E-state index contributed by atoms with van der Waals surface area (Å²) in [6.45, 7) is 22.8. The van der Waals surface area contributed by atoms with Gasteiger partial charge in [-0.2, -0.15) is 0 Å². The van der Waals surface area contributed by atoms with Gasteiger partial charge in [0.1, 0.15) is 42.3 Å². The highest BCUT2D eigenvalue weighted by molar-refractivity contribution is 5.96. The highest BCUT2D eigenvalue weighted by Crippen LogP contribution is 2.33. The molecule has 5 saturated carbocycles. The summed E-state index contributed by atoms with van der Waals surface area (Å²) in [5.74, 6) is -13.0. The molecule has 126 heavy (non-hydrogen) atoms. The van der Waals surface area contributed by atoms with Gasteiger partial charge in [-0.3, -0.25) is 76.7 Å². The Bertz CT molecular complexity index is 3720. The molecule has 0 aromatic rings. The van der Waals surface area contributed by atoms with Crippen molar-refractivity contribution in [3.8, 4) is 0 Å². The first-order valence-electron chi connectivity index (χ1n) is 47.3. The lowest BCUT2D eigenvalue weighted by Gasteiger charge is -2.30. The van der Waals surface area contributed by atoms with Gasteiger partial charge < -0.3 is 113 Å². The first-order chi connectivity index (χ1) is 59.9. The van der Waals surface area contributed by atoms with Crippen LogP contribution in [0.3, 0.4) is 0 Å². The van der Waals surface area contributed by atoms with Crippen molar-refractivity contribution in [3.63, 3.8) is 0 Å². The van der Waals surface area contributed by atoms with Crippen LogP contribution in [0.5, 0.6) is 0 Å². The molecule has 0 radical (unpaired) electrons. The number of primary amides is 1. The lowest BCUT2D eigenvalue weighted by Crippen LogP contribution is -2.58. The summed E-state index contributed by atoms with van der Waals surface area (Å²) >= 11 is 0. The lowest BCUT2D eigenvalue weighted by atomic mass is 9.96. The Balaban J connectivity index is 0.832. The Kier molecular flexibility index (Phi) is 41.0. The minimum Gasteiger partial charge on any atom is -0.369 e. The number of nitrogens with one attached hydrogen (secondary N) is 18. The smallest absolute Gasteiger partial charge is 0.242 e. The van der Waals surface area contributed by atoms with Gasteiger partial charge in [-0.15, -0.1) is 0 Å². The zero-order chi connectivity index (χ0) is 92.2. The average Bonchev–Trinajstić information content (AvgIpc) is 1.71. The largest absolute Gasteiger partial charge is 0.369 e. The van der Waals surface area contributed by atoms with Crippen LogP contribution in [0.1, 0.15) is 243 Å². The Hall–Kier alpha value is -8.68.